The van der Waals surface area contributed by atoms with Crippen LogP contribution >= 0.6 is 0 Å². The van der Waals surface area contributed by atoms with E-state index in [4.69, 9.17) is 4.42 Å². The second-order valence-corrected chi connectivity index (χ2v) is 8.14. The molecule has 0 aliphatic carbocycles. The van der Waals surface area contributed by atoms with Crippen molar-refractivity contribution >= 4 is 11.4 Å². The third-order valence-electron chi connectivity index (χ3n) is 5.83. The Labute approximate surface area is 207 Å². The minimum atomic E-state index is -4.92. The van der Waals surface area contributed by atoms with Crippen molar-refractivity contribution in [3.63, 3.8) is 0 Å². The van der Waals surface area contributed by atoms with Gasteiger partial charge < -0.3 is 19.0 Å². The van der Waals surface area contributed by atoms with Crippen molar-refractivity contribution in [2.75, 3.05) is 6.54 Å². The molecule has 1 N–H and O–H groups in total. The minimum absolute atomic E-state index is 0.0194. The molecule has 0 aromatic carbocycles. The number of nitrogens with one attached hydrogen (secondary N) is 1. The topological polar surface area (TPSA) is 132 Å². The first-order chi connectivity index (χ1) is 18.2. The molecular weight excluding hydrogens is 521 g/mol. The lowest BCUT2D eigenvalue weighted by Crippen LogP contribution is -2.41. The lowest BCUT2D eigenvalue weighted by atomic mass is 9.99. The Bertz CT molecular complexity index is 1640. The molecule has 1 atom stereocenters. The molecule has 1 aliphatic heterocycles. The zero-order valence-corrected chi connectivity index (χ0v) is 18.8. The second-order valence-electron chi connectivity index (χ2n) is 8.14. The van der Waals surface area contributed by atoms with Crippen LogP contribution in [0.2, 0.25) is 0 Å². The summed E-state index contributed by atoms with van der Waals surface area (Å²) >= 11 is 0. The number of H-pyrrole nitrogens is 1. The first-order valence-electron chi connectivity index (χ1n) is 10.9. The largest absolute Gasteiger partial charge is 0.573 e. The molecule has 17 heteroatoms. The van der Waals surface area contributed by atoms with Gasteiger partial charge in [-0.2, -0.15) is 19.0 Å². The van der Waals surface area contributed by atoms with Crippen molar-refractivity contribution in [3.8, 4) is 17.2 Å². The van der Waals surface area contributed by atoms with Gasteiger partial charge in [0.05, 0.1) is 29.5 Å². The van der Waals surface area contributed by atoms with Gasteiger partial charge in [-0.05, 0) is 18.2 Å². The highest BCUT2D eigenvalue weighted by Gasteiger charge is 2.39. The van der Waals surface area contributed by atoms with Crippen LogP contribution in [0.15, 0.2) is 47.5 Å². The van der Waals surface area contributed by atoms with Gasteiger partial charge in [-0.3, -0.25) is 4.79 Å². The number of halogens is 5. The van der Waals surface area contributed by atoms with Gasteiger partial charge in [0, 0.05) is 31.1 Å². The van der Waals surface area contributed by atoms with E-state index in [0.717, 1.165) is 18.5 Å². The van der Waals surface area contributed by atoms with Crippen molar-refractivity contribution in [1.29, 1.82) is 0 Å². The highest BCUT2D eigenvalue weighted by atomic mass is 19.4. The number of nitrogens with zero attached hydrogens (tertiary/aromatic N) is 8. The quantitative estimate of drug-likeness (QED) is 0.339. The lowest BCUT2D eigenvalue weighted by Gasteiger charge is -2.32. The number of rotatable bonds is 5. The van der Waals surface area contributed by atoms with Gasteiger partial charge in [0.25, 0.3) is 5.89 Å². The molecule has 196 valence electrons. The molecule has 0 bridgehead atoms. The summed E-state index contributed by atoms with van der Waals surface area (Å²) in [7, 11) is 0. The molecule has 6 heterocycles. The predicted molar refractivity (Wildman–Crippen MR) is 114 cm³/mol. The smallest absolute Gasteiger partial charge is 0.412 e. The Morgan fingerprint density at radius 2 is 2.11 bits per heavy atom. The number of fused-ring (bicyclic) bond motifs is 2. The molecule has 6 rings (SSSR count). The highest BCUT2D eigenvalue weighted by molar-refractivity contribution is 5.90. The van der Waals surface area contributed by atoms with Gasteiger partial charge >= 0.3 is 24.7 Å². The zero-order valence-electron chi connectivity index (χ0n) is 18.8. The van der Waals surface area contributed by atoms with Crippen LogP contribution in [-0.4, -0.2) is 63.3 Å². The molecule has 5 aromatic rings. The number of hydrogen-bond donors (Lipinski definition) is 1. The number of amides is 1. The van der Waals surface area contributed by atoms with Gasteiger partial charge in [0.1, 0.15) is 11.6 Å². The van der Waals surface area contributed by atoms with Gasteiger partial charge in [-0.1, -0.05) is 0 Å². The molecule has 5 aromatic heterocycles. The van der Waals surface area contributed by atoms with Crippen LogP contribution in [0.4, 0.5) is 22.0 Å². The summed E-state index contributed by atoms with van der Waals surface area (Å²) < 4.78 is 75.6. The molecule has 0 spiro atoms. The molecule has 1 aliphatic rings. The molecule has 1 amide bonds. The van der Waals surface area contributed by atoms with E-state index in [1.807, 2.05) is 0 Å². The van der Waals surface area contributed by atoms with Crippen LogP contribution in [0.25, 0.3) is 17.0 Å². The van der Waals surface area contributed by atoms with Crippen LogP contribution in [0.5, 0.6) is 5.75 Å². The summed E-state index contributed by atoms with van der Waals surface area (Å²) in [5.74, 6) is -1.82. The SMILES string of the molecule is O=C(c1nnc(-c2cnn(C(F)F)c2)o1)N1CCc2[nH]cnc2C1c1cc2c(OC(F)(F)F)cccn2n1. The molecule has 0 fully saturated rings. The fourth-order valence-electron chi connectivity index (χ4n) is 4.25. The van der Waals surface area contributed by atoms with Gasteiger partial charge in [-0.15, -0.1) is 23.4 Å². The number of aromatic amines is 1. The van der Waals surface area contributed by atoms with E-state index in [0.29, 0.717) is 22.5 Å². The minimum Gasteiger partial charge on any atom is -0.412 e. The van der Waals surface area contributed by atoms with Crippen molar-refractivity contribution in [2.45, 2.75) is 25.4 Å². The molecule has 38 heavy (non-hydrogen) atoms. The summed E-state index contributed by atoms with van der Waals surface area (Å²) in [6.07, 6.45) is 0.414. The maximum atomic E-state index is 13.5. The van der Waals surface area contributed by atoms with E-state index in [2.05, 4.69) is 35.1 Å². The summed E-state index contributed by atoms with van der Waals surface area (Å²) in [6.45, 7) is -2.73. The van der Waals surface area contributed by atoms with E-state index in [-0.39, 0.29) is 29.2 Å². The Balaban J connectivity index is 1.37. The normalized spacial score (nSPS) is 15.8. The number of ether oxygens (including phenoxy) is 1. The van der Waals surface area contributed by atoms with E-state index < -0.39 is 36.5 Å². The number of aromatic nitrogens is 8. The van der Waals surface area contributed by atoms with Crippen LogP contribution in [0.3, 0.4) is 0 Å². The number of pyridine rings is 1. The summed E-state index contributed by atoms with van der Waals surface area (Å²) in [5, 5.41) is 15.4. The van der Waals surface area contributed by atoms with Gasteiger partial charge in [0.15, 0.2) is 5.75 Å². The maximum absolute atomic E-state index is 13.5. The fraction of sp³-hybridized carbons (Fsp3) is 0.238. The second kappa shape index (κ2) is 8.63. The number of imidazole rings is 1. The predicted octanol–water partition coefficient (Wildman–Crippen LogP) is 3.39. The average molecular weight is 535 g/mol. The van der Waals surface area contributed by atoms with Crippen molar-refractivity contribution in [1.82, 2.24) is 44.5 Å². The fourth-order valence-corrected chi connectivity index (χ4v) is 4.25. The first-order valence-corrected chi connectivity index (χ1v) is 10.9. The Hall–Kier alpha value is -4.83. The summed E-state index contributed by atoms with van der Waals surface area (Å²) in [5.41, 5.74) is 1.46. The third-order valence-corrected chi connectivity index (χ3v) is 5.83. The van der Waals surface area contributed by atoms with E-state index in [1.165, 1.54) is 34.1 Å². The third kappa shape index (κ3) is 4.10. The molecule has 12 nitrogen and oxygen atoms in total. The monoisotopic (exact) mass is 535 g/mol. The van der Waals surface area contributed by atoms with Crippen LogP contribution in [0.1, 0.15) is 40.4 Å². The van der Waals surface area contributed by atoms with E-state index in [1.54, 1.807) is 0 Å². The molecule has 0 radical (unpaired) electrons. The highest BCUT2D eigenvalue weighted by Crippen LogP contribution is 2.36. The Kier molecular flexibility index (Phi) is 5.35. The standard InChI is InChI=1S/C21H14F5N9O3/c22-20(23)35-8-10(7-29-35)17-30-31-18(37-17)19(36)33-5-3-11-15(28-9-27-11)16(33)12-6-13-14(38-21(24,25)26)2-1-4-34(13)32-12/h1-2,4,6-9,16,20H,3,5H2,(H,27,28). The van der Waals surface area contributed by atoms with E-state index >= 15 is 0 Å². The number of carbonyl (C=O) groups is 1. The average Bonchev–Trinajstić information content (AvgIpc) is 3.66. The molecule has 0 saturated carbocycles. The van der Waals surface area contributed by atoms with Crippen LogP contribution in [-0.2, 0) is 6.42 Å². The van der Waals surface area contributed by atoms with Gasteiger partial charge in [0.2, 0.25) is 0 Å². The number of alkyl halides is 5. The van der Waals surface area contributed by atoms with Crippen molar-refractivity contribution in [2.24, 2.45) is 0 Å². The molecule has 1 unspecified atom stereocenters. The molecule has 0 saturated heterocycles. The van der Waals surface area contributed by atoms with Gasteiger partial charge in [-0.25, -0.2) is 14.2 Å². The van der Waals surface area contributed by atoms with Crippen molar-refractivity contribution < 1.29 is 35.9 Å². The number of hydrogen-bond acceptors (Lipinski definition) is 8. The maximum Gasteiger partial charge on any atom is 0.573 e. The lowest BCUT2D eigenvalue weighted by molar-refractivity contribution is -0.274. The van der Waals surface area contributed by atoms with Crippen LogP contribution in [0, 0.1) is 0 Å². The Morgan fingerprint density at radius 1 is 1.26 bits per heavy atom. The summed E-state index contributed by atoms with van der Waals surface area (Å²) in [4.78, 5) is 22.1. The van der Waals surface area contributed by atoms with Crippen molar-refractivity contribution in [3.05, 3.63) is 66.1 Å². The molecular formula is C21H14F5N9O3. The zero-order chi connectivity index (χ0) is 26.6. The number of carbonyl (C=O) groups excluding carboxylic acids is 1. The van der Waals surface area contributed by atoms with Crippen LogP contribution < -0.4 is 4.74 Å². The van der Waals surface area contributed by atoms with E-state index in [9.17, 15) is 26.7 Å². The first kappa shape index (κ1) is 23.6. The summed E-state index contributed by atoms with van der Waals surface area (Å²) in [6, 6.07) is 2.93. The Morgan fingerprint density at radius 3 is 2.87 bits per heavy atom.